The van der Waals surface area contributed by atoms with Crippen molar-refractivity contribution in [2.45, 2.75) is 50.9 Å². The molecule has 7 N–H and O–H groups in total. The van der Waals surface area contributed by atoms with Crippen molar-refractivity contribution in [1.29, 1.82) is 0 Å². The summed E-state index contributed by atoms with van der Waals surface area (Å²) in [6.45, 7) is 2.48. The first-order valence-electron chi connectivity index (χ1n) is 11.8. The van der Waals surface area contributed by atoms with Gasteiger partial charge in [0.25, 0.3) is 0 Å². The topological polar surface area (TPSA) is 134 Å². The molecule has 32 heavy (non-hydrogen) atoms. The van der Waals surface area contributed by atoms with Gasteiger partial charge in [0.15, 0.2) is 6.29 Å². The molecule has 1 aromatic heterocycles. The van der Waals surface area contributed by atoms with Crippen molar-refractivity contribution < 1.29 is 4.79 Å². The van der Waals surface area contributed by atoms with E-state index in [0.717, 1.165) is 61.1 Å². The number of likely N-dealkylation sites (tertiary alicyclic amines) is 1. The Morgan fingerprint density at radius 1 is 1.16 bits per heavy atom. The summed E-state index contributed by atoms with van der Waals surface area (Å²) in [7, 11) is 0. The number of nitrogens with two attached hydrogens (primary N) is 3. The molecule has 0 bridgehead atoms. The summed E-state index contributed by atoms with van der Waals surface area (Å²) in [5.74, 6) is 6.73. The summed E-state index contributed by atoms with van der Waals surface area (Å²) >= 11 is 0. The van der Waals surface area contributed by atoms with Crippen LogP contribution >= 0.6 is 0 Å². The Morgan fingerprint density at radius 2 is 2.00 bits per heavy atom. The van der Waals surface area contributed by atoms with Gasteiger partial charge < -0.3 is 10.6 Å². The van der Waals surface area contributed by atoms with Gasteiger partial charge in [-0.3, -0.25) is 25.5 Å². The molecular weight excluding hydrogens is 404 g/mol. The fourth-order valence-electron chi connectivity index (χ4n) is 5.85. The number of anilines is 1. The number of amides is 1. The Kier molecular flexibility index (Phi) is 5.79. The second-order valence-electron chi connectivity index (χ2n) is 9.44. The number of nitrogens with one attached hydrogen (secondary N) is 1. The average molecular weight is 439 g/mol. The molecule has 0 radical (unpaired) electrons. The highest BCUT2D eigenvalue weighted by atomic mass is 16.1. The van der Waals surface area contributed by atoms with Gasteiger partial charge in [0.1, 0.15) is 0 Å². The third-order valence-corrected chi connectivity index (χ3v) is 7.59. The number of hydrogen-bond donors (Lipinski definition) is 4. The van der Waals surface area contributed by atoms with E-state index in [1.165, 1.54) is 12.8 Å². The summed E-state index contributed by atoms with van der Waals surface area (Å²) in [6, 6.07) is 6.55. The smallest absolute Gasteiger partial charge is 0.221 e. The second kappa shape index (κ2) is 8.73. The third-order valence-electron chi connectivity index (χ3n) is 7.59. The molecule has 0 spiro atoms. The molecule has 172 valence electrons. The third kappa shape index (κ3) is 3.85. The van der Waals surface area contributed by atoms with Gasteiger partial charge in [0.2, 0.25) is 5.91 Å². The summed E-state index contributed by atoms with van der Waals surface area (Å²) in [5.41, 5.74) is 15.4. The van der Waals surface area contributed by atoms with Crippen LogP contribution in [0.2, 0.25) is 0 Å². The Labute approximate surface area is 188 Å². The number of aromatic nitrogens is 2. The van der Waals surface area contributed by atoms with Gasteiger partial charge in [-0.25, -0.2) is 5.84 Å². The molecule has 1 saturated heterocycles. The maximum absolute atomic E-state index is 11.8. The van der Waals surface area contributed by atoms with Gasteiger partial charge in [0, 0.05) is 41.8 Å². The first kappa shape index (κ1) is 21.2. The van der Waals surface area contributed by atoms with Crippen molar-refractivity contribution in [3.05, 3.63) is 36.2 Å². The van der Waals surface area contributed by atoms with Crippen LogP contribution in [-0.2, 0) is 4.79 Å². The van der Waals surface area contributed by atoms with Gasteiger partial charge in [-0.15, -0.1) is 0 Å². The quantitative estimate of drug-likeness (QED) is 0.531. The van der Waals surface area contributed by atoms with Crippen LogP contribution in [0.1, 0.15) is 38.5 Å². The second-order valence-corrected chi connectivity index (χ2v) is 9.44. The van der Waals surface area contributed by atoms with E-state index in [1.807, 2.05) is 12.3 Å². The van der Waals surface area contributed by atoms with E-state index in [2.05, 4.69) is 38.2 Å². The molecule has 9 heteroatoms. The van der Waals surface area contributed by atoms with E-state index in [-0.39, 0.29) is 11.8 Å². The average Bonchev–Trinajstić information content (AvgIpc) is 3.29. The minimum absolute atomic E-state index is 0.0456. The van der Waals surface area contributed by atoms with Crippen molar-refractivity contribution in [1.82, 2.24) is 20.1 Å². The maximum atomic E-state index is 11.8. The molecule has 3 unspecified atom stereocenters. The van der Waals surface area contributed by atoms with Gasteiger partial charge in [-0.2, -0.15) is 5.10 Å². The molecule has 2 aliphatic heterocycles. The van der Waals surface area contributed by atoms with Gasteiger partial charge in [0.05, 0.1) is 17.6 Å². The van der Waals surface area contributed by atoms with Crippen molar-refractivity contribution in [3.63, 3.8) is 0 Å². The number of piperidine rings is 1. The van der Waals surface area contributed by atoms with Crippen molar-refractivity contribution in [2.75, 3.05) is 24.5 Å². The molecule has 1 aliphatic carbocycles. The van der Waals surface area contributed by atoms with E-state index in [9.17, 15) is 4.79 Å². The number of carbonyl (C=O) groups excluding carboxylic acids is 1. The first-order valence-corrected chi connectivity index (χ1v) is 11.8. The van der Waals surface area contributed by atoms with Crippen LogP contribution in [0.4, 0.5) is 5.69 Å². The standard InChI is InChI=1S/C23H34N8O/c24-22(32)16-4-3-10-29(14-16)20-6-2-1-5-18(20)21-9-11-30(23(25)31(21)26)17-8-7-15-13-27-28-19(15)12-17/h7-9,12-13,16,18,20,23H,1-6,10-11,14,25-26H2,(H2,24,32)(H,27,28)/t16-,18?,20?,23?/m0/s1. The lowest BCUT2D eigenvalue weighted by molar-refractivity contribution is -0.124. The van der Waals surface area contributed by atoms with E-state index in [1.54, 1.807) is 5.01 Å². The summed E-state index contributed by atoms with van der Waals surface area (Å²) in [6.07, 6.45) is 10.1. The zero-order valence-corrected chi connectivity index (χ0v) is 18.5. The molecule has 1 amide bonds. The molecular formula is C23H34N8O. The fourth-order valence-corrected chi connectivity index (χ4v) is 5.85. The van der Waals surface area contributed by atoms with Gasteiger partial charge >= 0.3 is 0 Å². The summed E-state index contributed by atoms with van der Waals surface area (Å²) < 4.78 is 0. The zero-order valence-electron chi connectivity index (χ0n) is 18.5. The Balaban J connectivity index is 1.37. The van der Waals surface area contributed by atoms with Crippen LogP contribution < -0.4 is 22.2 Å². The normalized spacial score (nSPS) is 29.9. The molecule has 3 heterocycles. The number of hydrogen-bond acceptors (Lipinski definition) is 7. The lowest BCUT2D eigenvalue weighted by atomic mass is 9.79. The number of primary amides is 1. The number of H-pyrrole nitrogens is 1. The highest BCUT2D eigenvalue weighted by Crippen LogP contribution is 2.38. The van der Waals surface area contributed by atoms with E-state index in [0.29, 0.717) is 18.5 Å². The van der Waals surface area contributed by atoms with Crippen LogP contribution in [0.15, 0.2) is 36.2 Å². The van der Waals surface area contributed by atoms with Crippen molar-refractivity contribution in [2.24, 2.45) is 29.1 Å². The number of carbonyl (C=O) groups is 1. The molecule has 1 aromatic carbocycles. The Bertz CT molecular complexity index is 1000. The van der Waals surface area contributed by atoms with E-state index in [4.69, 9.17) is 17.3 Å². The number of benzene rings is 1. The monoisotopic (exact) mass is 438 g/mol. The van der Waals surface area contributed by atoms with Crippen molar-refractivity contribution >= 4 is 22.5 Å². The lowest BCUT2D eigenvalue weighted by Crippen LogP contribution is -2.62. The molecule has 5 rings (SSSR count). The van der Waals surface area contributed by atoms with Crippen LogP contribution in [-0.4, -0.2) is 58.0 Å². The molecule has 1 saturated carbocycles. The van der Waals surface area contributed by atoms with E-state index < -0.39 is 6.29 Å². The molecule has 3 aliphatic rings. The first-order chi connectivity index (χ1) is 15.5. The minimum atomic E-state index is -0.447. The molecule has 9 nitrogen and oxygen atoms in total. The maximum Gasteiger partial charge on any atom is 0.221 e. The van der Waals surface area contributed by atoms with Crippen LogP contribution in [0.3, 0.4) is 0 Å². The summed E-state index contributed by atoms with van der Waals surface area (Å²) in [5, 5.41) is 9.95. The Hall–Kier alpha value is -2.62. The van der Waals surface area contributed by atoms with Gasteiger partial charge in [-0.1, -0.05) is 12.8 Å². The number of nitrogens with zero attached hydrogens (tertiary/aromatic N) is 4. The fraction of sp³-hybridized carbons (Fsp3) is 0.565. The number of aromatic amines is 1. The molecule has 4 atom stereocenters. The molecule has 2 aromatic rings. The van der Waals surface area contributed by atoms with Crippen LogP contribution in [0, 0.1) is 11.8 Å². The van der Waals surface area contributed by atoms with Crippen molar-refractivity contribution in [3.8, 4) is 0 Å². The summed E-state index contributed by atoms with van der Waals surface area (Å²) in [4.78, 5) is 16.4. The number of rotatable bonds is 4. The highest BCUT2D eigenvalue weighted by Gasteiger charge is 2.39. The highest BCUT2D eigenvalue weighted by molar-refractivity contribution is 5.82. The number of fused-ring (bicyclic) bond motifs is 1. The SMILES string of the molecule is NC(=O)[C@H]1CCCN(C2CCCCC2C2=CCN(c3ccc4cn[nH]c4c3)C(N)N2N)C1. The molecule has 2 fully saturated rings. The predicted octanol–water partition coefficient (Wildman–Crippen LogP) is 1.44. The predicted molar refractivity (Wildman–Crippen MR) is 125 cm³/mol. The Morgan fingerprint density at radius 3 is 2.84 bits per heavy atom. The van der Waals surface area contributed by atoms with Crippen LogP contribution in [0.25, 0.3) is 10.9 Å². The minimum Gasteiger partial charge on any atom is -0.369 e. The number of hydrazine groups is 1. The lowest BCUT2D eigenvalue weighted by Gasteiger charge is -2.49. The van der Waals surface area contributed by atoms with E-state index >= 15 is 0 Å². The van der Waals surface area contributed by atoms with Crippen LogP contribution in [0.5, 0.6) is 0 Å². The zero-order chi connectivity index (χ0) is 22.2. The van der Waals surface area contributed by atoms with Gasteiger partial charge in [-0.05, 0) is 56.5 Å². The largest absolute Gasteiger partial charge is 0.369 e.